The van der Waals surface area contributed by atoms with Crippen LogP contribution in [0.5, 0.6) is 0 Å². The van der Waals surface area contributed by atoms with E-state index in [9.17, 15) is 9.90 Å². The van der Waals surface area contributed by atoms with Crippen LogP contribution in [0, 0.1) is 5.92 Å². The number of carboxylic acid groups (broad SMARTS) is 1. The van der Waals surface area contributed by atoms with Gasteiger partial charge in [0.2, 0.25) is 0 Å². The highest BCUT2D eigenvalue weighted by atomic mass is 16.4. The summed E-state index contributed by atoms with van der Waals surface area (Å²) in [6, 6.07) is 0. The Morgan fingerprint density at radius 3 is 2.61 bits per heavy atom. The van der Waals surface area contributed by atoms with Crippen molar-refractivity contribution in [3.8, 4) is 0 Å². The highest BCUT2D eigenvalue weighted by Crippen LogP contribution is 2.30. The van der Waals surface area contributed by atoms with E-state index in [1.807, 2.05) is 36.5 Å². The number of hydrogen-bond acceptors (Lipinski definition) is 1. The van der Waals surface area contributed by atoms with Gasteiger partial charge in [0.25, 0.3) is 0 Å². The first-order valence-corrected chi connectivity index (χ1v) is 6.42. The largest absolute Gasteiger partial charge is 0.481 e. The van der Waals surface area contributed by atoms with Gasteiger partial charge in [0.05, 0.1) is 0 Å². The first-order chi connectivity index (χ1) is 8.72. The van der Waals surface area contributed by atoms with E-state index in [1.165, 1.54) is 5.57 Å². The lowest BCUT2D eigenvalue weighted by atomic mass is 9.91. The Labute approximate surface area is 108 Å². The van der Waals surface area contributed by atoms with E-state index in [-0.39, 0.29) is 0 Å². The van der Waals surface area contributed by atoms with E-state index in [1.54, 1.807) is 0 Å². The fraction of sp³-hybridized carbons (Fsp3) is 0.312. The SMILES string of the molecule is CCCCC1=CC2=CC=CC=C(C=C1)[C@@H]2C(=O)O. The molecular formula is C16H18O2. The lowest BCUT2D eigenvalue weighted by molar-refractivity contribution is -0.139. The predicted octanol–water partition coefficient (Wildman–Crippen LogP) is 3.80. The molecule has 0 saturated carbocycles. The monoisotopic (exact) mass is 242 g/mol. The maximum absolute atomic E-state index is 11.4. The predicted molar refractivity (Wildman–Crippen MR) is 73.2 cm³/mol. The lowest BCUT2D eigenvalue weighted by Crippen LogP contribution is -2.16. The van der Waals surface area contributed by atoms with Crippen LogP contribution in [-0.2, 0) is 4.79 Å². The molecule has 0 aliphatic heterocycles. The number of allylic oxidation sites excluding steroid dienone is 8. The molecule has 2 rings (SSSR count). The van der Waals surface area contributed by atoms with Gasteiger partial charge in [-0.25, -0.2) is 0 Å². The van der Waals surface area contributed by atoms with Crippen molar-refractivity contribution in [3.05, 3.63) is 59.3 Å². The van der Waals surface area contributed by atoms with Crippen molar-refractivity contribution >= 4 is 5.97 Å². The maximum atomic E-state index is 11.4. The van der Waals surface area contributed by atoms with Crippen LogP contribution in [0.4, 0.5) is 0 Å². The summed E-state index contributed by atoms with van der Waals surface area (Å²) in [6.45, 7) is 2.16. The first-order valence-electron chi connectivity index (χ1n) is 6.42. The number of hydrogen-bond donors (Lipinski definition) is 1. The summed E-state index contributed by atoms with van der Waals surface area (Å²) in [5, 5.41) is 9.38. The summed E-state index contributed by atoms with van der Waals surface area (Å²) in [5.74, 6) is -1.32. The molecule has 2 aliphatic rings. The van der Waals surface area contributed by atoms with Crippen molar-refractivity contribution in [2.45, 2.75) is 26.2 Å². The Hall–Kier alpha value is -1.83. The number of carbonyl (C=O) groups is 1. The van der Waals surface area contributed by atoms with Gasteiger partial charge in [-0.15, -0.1) is 0 Å². The Morgan fingerprint density at radius 1 is 1.22 bits per heavy atom. The van der Waals surface area contributed by atoms with E-state index in [4.69, 9.17) is 0 Å². The van der Waals surface area contributed by atoms with Crippen molar-refractivity contribution in [3.63, 3.8) is 0 Å². The van der Waals surface area contributed by atoms with Gasteiger partial charge in [0.1, 0.15) is 5.92 Å². The molecule has 2 bridgehead atoms. The lowest BCUT2D eigenvalue weighted by Gasteiger charge is -2.12. The number of carboxylic acids is 1. The minimum atomic E-state index is -0.783. The highest BCUT2D eigenvalue weighted by molar-refractivity contribution is 5.81. The minimum Gasteiger partial charge on any atom is -0.481 e. The van der Waals surface area contributed by atoms with E-state index >= 15 is 0 Å². The topological polar surface area (TPSA) is 37.3 Å². The van der Waals surface area contributed by atoms with Crippen molar-refractivity contribution in [2.24, 2.45) is 5.92 Å². The normalized spacial score (nSPS) is 21.6. The van der Waals surface area contributed by atoms with Crippen molar-refractivity contribution in [1.82, 2.24) is 0 Å². The number of rotatable bonds is 4. The molecule has 1 N–H and O–H groups in total. The minimum absolute atomic E-state index is 0.532. The van der Waals surface area contributed by atoms with Crippen LogP contribution in [0.2, 0.25) is 0 Å². The molecule has 0 spiro atoms. The summed E-state index contributed by atoms with van der Waals surface area (Å²) in [7, 11) is 0. The molecular weight excluding hydrogens is 224 g/mol. The molecule has 2 heteroatoms. The number of aliphatic carboxylic acids is 1. The second-order valence-corrected chi connectivity index (χ2v) is 4.65. The van der Waals surface area contributed by atoms with Gasteiger partial charge in [-0.05, 0) is 29.6 Å². The van der Waals surface area contributed by atoms with Gasteiger partial charge >= 0.3 is 5.97 Å². The number of unbranched alkanes of at least 4 members (excludes halogenated alkanes) is 1. The molecule has 0 unspecified atom stereocenters. The van der Waals surface area contributed by atoms with E-state index in [0.717, 1.165) is 30.4 Å². The number of fused-ring (bicyclic) bond motifs is 2. The van der Waals surface area contributed by atoms with Gasteiger partial charge in [-0.1, -0.05) is 55.9 Å². The second kappa shape index (κ2) is 5.67. The van der Waals surface area contributed by atoms with Crippen LogP contribution in [-0.4, -0.2) is 11.1 Å². The van der Waals surface area contributed by atoms with Gasteiger partial charge in [-0.3, -0.25) is 4.79 Å². The summed E-state index contributed by atoms with van der Waals surface area (Å²) in [5.41, 5.74) is 2.94. The van der Waals surface area contributed by atoms with E-state index < -0.39 is 11.9 Å². The second-order valence-electron chi connectivity index (χ2n) is 4.65. The van der Waals surface area contributed by atoms with Crippen molar-refractivity contribution in [1.29, 1.82) is 0 Å². The fourth-order valence-corrected chi connectivity index (χ4v) is 2.29. The quantitative estimate of drug-likeness (QED) is 0.814. The third kappa shape index (κ3) is 2.70. The van der Waals surface area contributed by atoms with Crippen molar-refractivity contribution in [2.75, 3.05) is 0 Å². The van der Waals surface area contributed by atoms with E-state index in [2.05, 4.69) is 13.0 Å². The van der Waals surface area contributed by atoms with Crippen LogP contribution in [0.1, 0.15) is 26.2 Å². The molecule has 94 valence electrons. The van der Waals surface area contributed by atoms with Gasteiger partial charge < -0.3 is 5.11 Å². The molecule has 0 amide bonds. The van der Waals surface area contributed by atoms with Crippen molar-refractivity contribution < 1.29 is 9.90 Å². The Morgan fingerprint density at radius 2 is 1.94 bits per heavy atom. The van der Waals surface area contributed by atoms with E-state index in [0.29, 0.717) is 0 Å². The van der Waals surface area contributed by atoms with Crippen LogP contribution >= 0.6 is 0 Å². The average Bonchev–Trinajstić information content (AvgIpc) is 2.65. The molecule has 0 saturated heterocycles. The Balaban J connectivity index is 2.38. The third-order valence-corrected chi connectivity index (χ3v) is 3.26. The van der Waals surface area contributed by atoms with Crippen LogP contribution < -0.4 is 0 Å². The molecule has 0 aromatic rings. The molecule has 18 heavy (non-hydrogen) atoms. The van der Waals surface area contributed by atoms with Crippen LogP contribution in [0.3, 0.4) is 0 Å². The molecule has 2 aliphatic carbocycles. The summed E-state index contributed by atoms with van der Waals surface area (Å²) in [4.78, 5) is 11.4. The zero-order valence-electron chi connectivity index (χ0n) is 10.6. The van der Waals surface area contributed by atoms with Gasteiger partial charge in [-0.2, -0.15) is 0 Å². The molecule has 1 atom stereocenters. The molecule has 0 aromatic heterocycles. The molecule has 0 fully saturated rings. The zero-order chi connectivity index (χ0) is 13.0. The molecule has 0 aromatic carbocycles. The third-order valence-electron chi connectivity index (χ3n) is 3.26. The van der Waals surface area contributed by atoms with Crippen LogP contribution in [0.15, 0.2) is 59.3 Å². The molecule has 0 radical (unpaired) electrons. The smallest absolute Gasteiger partial charge is 0.315 e. The Bertz CT molecular complexity index is 487. The first kappa shape index (κ1) is 12.6. The van der Waals surface area contributed by atoms with Crippen LogP contribution in [0.25, 0.3) is 0 Å². The summed E-state index contributed by atoms with van der Waals surface area (Å²) >= 11 is 0. The zero-order valence-corrected chi connectivity index (χ0v) is 10.6. The highest BCUT2D eigenvalue weighted by Gasteiger charge is 2.26. The Kier molecular flexibility index (Phi) is 3.98. The summed E-state index contributed by atoms with van der Waals surface area (Å²) in [6.07, 6.45) is 16.9. The molecule has 0 heterocycles. The standard InChI is InChI=1S/C16H18O2/c1-2-3-6-12-9-10-13-7-4-5-8-14(11-12)15(13)16(17)18/h4-5,7-11,15H,2-3,6H2,1H3,(H,17,18)/t15-/m0/s1. The summed E-state index contributed by atoms with van der Waals surface area (Å²) < 4.78 is 0. The maximum Gasteiger partial charge on any atom is 0.315 e. The fourth-order valence-electron chi connectivity index (χ4n) is 2.29. The molecule has 2 nitrogen and oxygen atoms in total. The van der Waals surface area contributed by atoms with Gasteiger partial charge in [0.15, 0.2) is 0 Å². The average molecular weight is 242 g/mol. The van der Waals surface area contributed by atoms with Gasteiger partial charge in [0, 0.05) is 0 Å².